The number of alkyl halides is 3. The van der Waals surface area contributed by atoms with Crippen LogP contribution in [0.25, 0.3) is 0 Å². The van der Waals surface area contributed by atoms with Crippen molar-refractivity contribution in [3.63, 3.8) is 0 Å². The number of benzene rings is 1. The highest BCUT2D eigenvalue weighted by Crippen LogP contribution is 2.33. The number of pyridine rings is 1. The number of halogens is 4. The number of aliphatic imine (C=N–C) groups is 1. The zero-order chi connectivity index (χ0) is 18.4. The molecule has 3 rings (SSSR count). The summed E-state index contributed by atoms with van der Waals surface area (Å²) < 4.78 is 53.2. The van der Waals surface area contributed by atoms with E-state index in [-0.39, 0.29) is 11.4 Å². The topological polar surface area (TPSA) is 37.7 Å². The van der Waals surface area contributed by atoms with Gasteiger partial charge in [0.05, 0.1) is 5.69 Å². The molecule has 4 nitrogen and oxygen atoms in total. The molecule has 0 spiro atoms. The van der Waals surface area contributed by atoms with Crippen LogP contribution in [0.15, 0.2) is 35.3 Å². The third-order valence-electron chi connectivity index (χ3n) is 3.65. The number of hydrogen-bond donors (Lipinski definition) is 0. The van der Waals surface area contributed by atoms with Gasteiger partial charge in [0.25, 0.3) is 6.23 Å². The zero-order valence-electron chi connectivity index (χ0n) is 13.7. The molecular weight excluding hydrogens is 338 g/mol. The van der Waals surface area contributed by atoms with Gasteiger partial charge in [0.15, 0.2) is 5.84 Å². The molecule has 1 aromatic heterocycles. The monoisotopic (exact) mass is 353 g/mol. The third kappa shape index (κ3) is 3.48. The van der Waals surface area contributed by atoms with Gasteiger partial charge in [-0.25, -0.2) is 19.3 Å². The van der Waals surface area contributed by atoms with E-state index in [1.165, 1.54) is 12.1 Å². The maximum Gasteiger partial charge on any atom is 0.438 e. The second kappa shape index (κ2) is 6.11. The third-order valence-corrected chi connectivity index (χ3v) is 3.65. The Labute approximate surface area is 141 Å². The number of hydrogen-bond acceptors (Lipinski definition) is 4. The van der Waals surface area contributed by atoms with Gasteiger partial charge in [-0.05, 0) is 44.5 Å². The smallest absolute Gasteiger partial charge is 0.258 e. The molecule has 0 bridgehead atoms. The number of aromatic nitrogens is 1. The summed E-state index contributed by atoms with van der Waals surface area (Å²) in [7, 11) is 0. The number of hydroxylamine groups is 1. The Morgan fingerprint density at radius 3 is 2.24 bits per heavy atom. The summed E-state index contributed by atoms with van der Waals surface area (Å²) in [6.45, 7) is 5.00. The van der Waals surface area contributed by atoms with E-state index in [1.807, 2.05) is 0 Å². The predicted molar refractivity (Wildman–Crippen MR) is 84.8 cm³/mol. The summed E-state index contributed by atoms with van der Waals surface area (Å²) in [6.07, 6.45) is -7.03. The largest absolute Gasteiger partial charge is 0.438 e. The van der Waals surface area contributed by atoms with Gasteiger partial charge in [0.1, 0.15) is 5.82 Å². The van der Waals surface area contributed by atoms with E-state index in [2.05, 4.69) is 9.98 Å². The lowest BCUT2D eigenvalue weighted by atomic mass is 10.1. The van der Waals surface area contributed by atoms with Gasteiger partial charge in [0, 0.05) is 17.0 Å². The lowest BCUT2D eigenvalue weighted by Gasteiger charge is -2.21. The molecule has 1 atom stereocenters. The summed E-state index contributed by atoms with van der Waals surface area (Å²) in [5, 5.41) is 0.976. The molecule has 0 saturated carbocycles. The van der Waals surface area contributed by atoms with E-state index < -0.39 is 18.2 Å². The molecule has 0 N–H and O–H groups in total. The van der Waals surface area contributed by atoms with E-state index >= 15 is 0 Å². The van der Waals surface area contributed by atoms with Crippen LogP contribution in [0.1, 0.15) is 22.5 Å². The van der Waals surface area contributed by atoms with E-state index in [0.717, 1.165) is 11.1 Å². The number of anilines is 1. The molecule has 1 aliphatic heterocycles. The van der Waals surface area contributed by atoms with Gasteiger partial charge in [-0.1, -0.05) is 12.1 Å². The van der Waals surface area contributed by atoms with Gasteiger partial charge in [-0.3, -0.25) is 4.98 Å². The fourth-order valence-corrected chi connectivity index (χ4v) is 2.51. The zero-order valence-corrected chi connectivity index (χ0v) is 13.7. The molecule has 2 aromatic rings. The highest BCUT2D eigenvalue weighted by molar-refractivity contribution is 6.09. The summed E-state index contributed by atoms with van der Waals surface area (Å²) in [5.41, 5.74) is 2.16. The quantitative estimate of drug-likeness (QED) is 0.758. The Kier molecular flexibility index (Phi) is 4.24. The van der Waals surface area contributed by atoms with Crippen molar-refractivity contribution in [3.05, 3.63) is 58.7 Å². The number of amidine groups is 1. The highest BCUT2D eigenvalue weighted by atomic mass is 19.4. The van der Waals surface area contributed by atoms with E-state index in [1.54, 1.807) is 32.9 Å². The van der Waals surface area contributed by atoms with Crippen molar-refractivity contribution in [3.8, 4) is 0 Å². The van der Waals surface area contributed by atoms with Crippen molar-refractivity contribution in [2.75, 3.05) is 5.06 Å². The van der Waals surface area contributed by atoms with Crippen LogP contribution in [-0.2, 0) is 4.84 Å². The first kappa shape index (κ1) is 17.3. The normalized spacial score (nSPS) is 17.8. The summed E-state index contributed by atoms with van der Waals surface area (Å²) in [4.78, 5) is 12.8. The summed E-state index contributed by atoms with van der Waals surface area (Å²) in [5.74, 6) is -0.635. The van der Waals surface area contributed by atoms with Crippen LogP contribution in [-0.4, -0.2) is 23.2 Å². The molecule has 1 aliphatic rings. The molecule has 1 aromatic carbocycles. The fourth-order valence-electron chi connectivity index (χ4n) is 2.51. The van der Waals surface area contributed by atoms with Crippen LogP contribution in [0.2, 0.25) is 0 Å². The van der Waals surface area contributed by atoms with Crippen LogP contribution in [0.3, 0.4) is 0 Å². The Hall–Kier alpha value is -2.48. The van der Waals surface area contributed by atoms with Gasteiger partial charge in [0.2, 0.25) is 0 Å². The molecule has 1 unspecified atom stereocenters. The minimum Gasteiger partial charge on any atom is -0.258 e. The van der Waals surface area contributed by atoms with Crippen molar-refractivity contribution in [1.29, 1.82) is 0 Å². The summed E-state index contributed by atoms with van der Waals surface area (Å²) >= 11 is 0. The SMILES string of the molecule is Cc1cc(N2OC(C(F)(F)F)N=C2c2ccc(C)c(F)c2)cc(C)n1. The van der Waals surface area contributed by atoms with E-state index in [4.69, 9.17) is 4.84 Å². The van der Waals surface area contributed by atoms with Crippen LogP contribution < -0.4 is 5.06 Å². The van der Waals surface area contributed by atoms with Gasteiger partial charge in [-0.15, -0.1) is 0 Å². The molecule has 0 aliphatic carbocycles. The van der Waals surface area contributed by atoms with E-state index in [0.29, 0.717) is 22.6 Å². The number of aryl methyl sites for hydroxylation is 3. The van der Waals surface area contributed by atoms with Crippen molar-refractivity contribution in [1.82, 2.24) is 4.98 Å². The maximum absolute atomic E-state index is 13.9. The molecule has 132 valence electrons. The van der Waals surface area contributed by atoms with Crippen LogP contribution >= 0.6 is 0 Å². The highest BCUT2D eigenvalue weighted by Gasteiger charge is 2.47. The molecule has 2 heterocycles. The number of rotatable bonds is 2. The minimum atomic E-state index is -4.68. The average Bonchev–Trinajstić information content (AvgIpc) is 2.94. The maximum atomic E-state index is 13.9. The van der Waals surface area contributed by atoms with Crippen molar-refractivity contribution in [2.45, 2.75) is 33.2 Å². The molecule has 8 heteroatoms. The van der Waals surface area contributed by atoms with E-state index in [9.17, 15) is 17.6 Å². The van der Waals surface area contributed by atoms with Crippen LogP contribution in [0, 0.1) is 26.6 Å². The Bertz CT molecular complexity index is 828. The van der Waals surface area contributed by atoms with Crippen molar-refractivity contribution >= 4 is 11.5 Å². The minimum absolute atomic E-state index is 0.105. The van der Waals surface area contributed by atoms with Gasteiger partial charge in [-0.2, -0.15) is 13.2 Å². The first-order valence-corrected chi connectivity index (χ1v) is 7.48. The van der Waals surface area contributed by atoms with Crippen LogP contribution in [0.5, 0.6) is 0 Å². The Balaban J connectivity index is 2.09. The number of nitrogens with zero attached hydrogens (tertiary/aromatic N) is 3. The molecular formula is C17H15F4N3O. The predicted octanol–water partition coefficient (Wildman–Crippen LogP) is 4.23. The standard InChI is InChI=1S/C17H15F4N3O/c1-9-4-5-12(8-14(9)18)15-23-16(17(19,20)21)25-24(15)13-6-10(2)22-11(3)7-13/h4-8,16H,1-3H3. The second-order valence-electron chi connectivity index (χ2n) is 5.82. The van der Waals surface area contributed by atoms with Gasteiger partial charge < -0.3 is 0 Å². The Morgan fingerprint density at radius 1 is 1.04 bits per heavy atom. The summed E-state index contributed by atoms with van der Waals surface area (Å²) in [6, 6.07) is 7.28. The first-order chi connectivity index (χ1) is 11.6. The lowest BCUT2D eigenvalue weighted by molar-refractivity contribution is -0.211. The average molecular weight is 353 g/mol. The van der Waals surface area contributed by atoms with Crippen molar-refractivity contribution < 1.29 is 22.4 Å². The fraction of sp³-hybridized carbons (Fsp3) is 0.294. The first-order valence-electron chi connectivity index (χ1n) is 7.48. The molecule has 0 radical (unpaired) electrons. The lowest BCUT2D eigenvalue weighted by Crippen LogP contribution is -2.33. The molecule has 0 saturated heterocycles. The molecule has 25 heavy (non-hydrogen) atoms. The Morgan fingerprint density at radius 2 is 1.68 bits per heavy atom. The second-order valence-corrected chi connectivity index (χ2v) is 5.82. The van der Waals surface area contributed by atoms with Gasteiger partial charge >= 0.3 is 6.18 Å². The van der Waals surface area contributed by atoms with Crippen LogP contribution in [0.4, 0.5) is 23.2 Å². The molecule has 0 fully saturated rings. The molecule has 0 amide bonds. The van der Waals surface area contributed by atoms with Crippen molar-refractivity contribution in [2.24, 2.45) is 4.99 Å².